The highest BCUT2D eigenvalue weighted by atomic mass is 79.9. The molecule has 6 heteroatoms. The number of ether oxygens (including phenoxy) is 1. The summed E-state index contributed by atoms with van der Waals surface area (Å²) in [5, 5.41) is 9.05. The Balaban J connectivity index is 2.13. The molecule has 0 saturated carbocycles. The minimum atomic E-state index is -0.138. The molecule has 1 aromatic rings. The van der Waals surface area contributed by atoms with E-state index in [1.54, 1.807) is 6.20 Å². The van der Waals surface area contributed by atoms with E-state index < -0.39 is 0 Å². The Labute approximate surface area is 103 Å². The normalized spacial score (nSPS) is 21.2. The molecule has 5 nitrogen and oxygen atoms in total. The van der Waals surface area contributed by atoms with Crippen LogP contribution >= 0.6 is 15.9 Å². The maximum Gasteiger partial charge on any atom is 0.225 e. The molecule has 0 aliphatic carbocycles. The number of morpholine rings is 1. The highest BCUT2D eigenvalue weighted by Crippen LogP contribution is 2.17. The predicted octanol–water partition coefficient (Wildman–Crippen LogP) is 0.745. The molecule has 1 unspecified atom stereocenters. The van der Waals surface area contributed by atoms with E-state index in [-0.39, 0.29) is 12.7 Å². The minimum absolute atomic E-state index is 0.0337. The predicted molar refractivity (Wildman–Crippen MR) is 63.5 cm³/mol. The maximum absolute atomic E-state index is 9.05. The van der Waals surface area contributed by atoms with Gasteiger partial charge in [0.25, 0.3) is 0 Å². The fourth-order valence-electron chi connectivity index (χ4n) is 1.60. The molecule has 16 heavy (non-hydrogen) atoms. The van der Waals surface area contributed by atoms with Crippen LogP contribution in [-0.4, -0.2) is 47.5 Å². The molecule has 1 N–H and O–H groups in total. The zero-order valence-corrected chi connectivity index (χ0v) is 10.6. The molecule has 0 aromatic carbocycles. The van der Waals surface area contributed by atoms with Crippen LogP contribution < -0.4 is 4.90 Å². The van der Waals surface area contributed by atoms with E-state index in [1.165, 1.54) is 0 Å². The molecule has 0 spiro atoms. The van der Waals surface area contributed by atoms with Crippen LogP contribution in [0.25, 0.3) is 0 Å². The lowest BCUT2D eigenvalue weighted by Crippen LogP contribution is -2.44. The minimum Gasteiger partial charge on any atom is -0.394 e. The Morgan fingerprint density at radius 1 is 1.69 bits per heavy atom. The van der Waals surface area contributed by atoms with Crippen molar-refractivity contribution in [1.82, 2.24) is 9.97 Å². The van der Waals surface area contributed by atoms with E-state index in [1.807, 2.05) is 11.8 Å². The number of aromatic nitrogens is 2. The van der Waals surface area contributed by atoms with E-state index >= 15 is 0 Å². The summed E-state index contributed by atoms with van der Waals surface area (Å²) in [7, 11) is 0. The molecular weight excluding hydrogens is 274 g/mol. The monoisotopic (exact) mass is 287 g/mol. The highest BCUT2D eigenvalue weighted by molar-refractivity contribution is 9.10. The van der Waals surface area contributed by atoms with Crippen molar-refractivity contribution < 1.29 is 9.84 Å². The van der Waals surface area contributed by atoms with E-state index in [0.717, 1.165) is 16.7 Å². The second-order valence-electron chi connectivity index (χ2n) is 3.72. The van der Waals surface area contributed by atoms with Crippen LogP contribution in [0.1, 0.15) is 5.69 Å². The Bertz CT molecular complexity index is 375. The molecule has 1 aromatic heterocycles. The lowest BCUT2D eigenvalue weighted by atomic mass is 10.3. The van der Waals surface area contributed by atoms with Gasteiger partial charge >= 0.3 is 0 Å². The van der Waals surface area contributed by atoms with Gasteiger partial charge in [-0.15, -0.1) is 0 Å². The molecule has 1 fully saturated rings. The molecule has 0 radical (unpaired) electrons. The average molecular weight is 288 g/mol. The lowest BCUT2D eigenvalue weighted by Gasteiger charge is -2.32. The lowest BCUT2D eigenvalue weighted by molar-refractivity contribution is 0.00313. The largest absolute Gasteiger partial charge is 0.394 e. The third kappa shape index (κ3) is 2.50. The van der Waals surface area contributed by atoms with E-state index in [0.29, 0.717) is 19.1 Å². The quantitative estimate of drug-likeness (QED) is 0.870. The Morgan fingerprint density at radius 3 is 3.19 bits per heavy atom. The number of rotatable bonds is 2. The number of aryl methyl sites for hydroxylation is 1. The second-order valence-corrected chi connectivity index (χ2v) is 4.58. The number of anilines is 1. The van der Waals surface area contributed by atoms with Gasteiger partial charge in [0, 0.05) is 19.3 Å². The first-order valence-corrected chi connectivity index (χ1v) is 5.96. The van der Waals surface area contributed by atoms with Gasteiger partial charge in [0.1, 0.15) is 0 Å². The first kappa shape index (κ1) is 11.8. The number of aliphatic hydroxyl groups is 1. The molecule has 1 saturated heterocycles. The van der Waals surface area contributed by atoms with Crippen LogP contribution in [-0.2, 0) is 4.74 Å². The van der Waals surface area contributed by atoms with Crippen LogP contribution in [0.5, 0.6) is 0 Å². The zero-order valence-electron chi connectivity index (χ0n) is 9.06. The highest BCUT2D eigenvalue weighted by Gasteiger charge is 2.21. The molecule has 88 valence electrons. The van der Waals surface area contributed by atoms with Crippen molar-refractivity contribution in [2.24, 2.45) is 0 Å². The summed E-state index contributed by atoms with van der Waals surface area (Å²) in [6.07, 6.45) is 1.61. The SMILES string of the molecule is Cc1nc(N2CCOC(CO)C2)ncc1Br. The Kier molecular flexibility index (Phi) is 3.73. The molecule has 1 aliphatic rings. The maximum atomic E-state index is 9.05. The van der Waals surface area contributed by atoms with Crippen molar-refractivity contribution in [3.05, 3.63) is 16.4 Å². The summed E-state index contributed by atoms with van der Waals surface area (Å²) in [4.78, 5) is 10.7. The smallest absolute Gasteiger partial charge is 0.225 e. The Morgan fingerprint density at radius 2 is 2.50 bits per heavy atom. The van der Waals surface area contributed by atoms with Gasteiger partial charge in [0.15, 0.2) is 0 Å². The first-order valence-electron chi connectivity index (χ1n) is 5.17. The summed E-state index contributed by atoms with van der Waals surface area (Å²) >= 11 is 3.37. The van der Waals surface area contributed by atoms with Crippen LogP contribution in [0.15, 0.2) is 10.7 Å². The molecule has 1 atom stereocenters. The van der Waals surface area contributed by atoms with Gasteiger partial charge in [-0.1, -0.05) is 0 Å². The summed E-state index contributed by atoms with van der Waals surface area (Å²) in [5.41, 5.74) is 0.914. The van der Waals surface area contributed by atoms with Gasteiger partial charge in [-0.2, -0.15) is 0 Å². The molecule has 1 aliphatic heterocycles. The molecule has 2 rings (SSSR count). The molecule has 0 bridgehead atoms. The third-order valence-corrected chi connectivity index (χ3v) is 3.31. The summed E-state index contributed by atoms with van der Waals surface area (Å²) < 4.78 is 6.28. The van der Waals surface area contributed by atoms with Crippen molar-refractivity contribution in [3.8, 4) is 0 Å². The number of halogens is 1. The average Bonchev–Trinajstić information content (AvgIpc) is 2.33. The number of aliphatic hydroxyl groups excluding tert-OH is 1. The summed E-state index contributed by atoms with van der Waals surface area (Å²) in [5.74, 6) is 0.697. The zero-order chi connectivity index (χ0) is 11.5. The first-order chi connectivity index (χ1) is 7.70. The van der Waals surface area contributed by atoms with Gasteiger partial charge in [-0.25, -0.2) is 9.97 Å². The number of hydrogen-bond donors (Lipinski definition) is 1. The van der Waals surface area contributed by atoms with E-state index in [4.69, 9.17) is 9.84 Å². The van der Waals surface area contributed by atoms with Crippen molar-refractivity contribution in [2.75, 3.05) is 31.2 Å². The Hall–Kier alpha value is -0.720. The molecular formula is C10H14BrN3O2. The van der Waals surface area contributed by atoms with Gasteiger partial charge in [-0.3, -0.25) is 0 Å². The van der Waals surface area contributed by atoms with Gasteiger partial charge in [-0.05, 0) is 22.9 Å². The summed E-state index contributed by atoms with van der Waals surface area (Å²) in [6, 6.07) is 0. The topological polar surface area (TPSA) is 58.5 Å². The van der Waals surface area contributed by atoms with Gasteiger partial charge in [0.05, 0.1) is 29.5 Å². The fraction of sp³-hybridized carbons (Fsp3) is 0.600. The van der Waals surface area contributed by atoms with Crippen molar-refractivity contribution in [2.45, 2.75) is 13.0 Å². The van der Waals surface area contributed by atoms with Crippen LogP contribution in [0, 0.1) is 6.92 Å². The molecule has 0 amide bonds. The van der Waals surface area contributed by atoms with Crippen LogP contribution in [0.4, 0.5) is 5.95 Å². The second kappa shape index (κ2) is 5.07. The van der Waals surface area contributed by atoms with Gasteiger partial charge < -0.3 is 14.7 Å². The number of hydrogen-bond acceptors (Lipinski definition) is 5. The number of nitrogens with zero attached hydrogens (tertiary/aromatic N) is 3. The third-order valence-electron chi connectivity index (χ3n) is 2.53. The van der Waals surface area contributed by atoms with Crippen molar-refractivity contribution in [1.29, 1.82) is 0 Å². The van der Waals surface area contributed by atoms with E-state index in [2.05, 4.69) is 25.9 Å². The fourth-order valence-corrected chi connectivity index (χ4v) is 1.79. The standard InChI is InChI=1S/C10H14BrN3O2/c1-7-9(11)4-12-10(13-7)14-2-3-16-8(5-14)6-15/h4,8,15H,2-3,5-6H2,1H3. The van der Waals surface area contributed by atoms with Crippen LogP contribution in [0.3, 0.4) is 0 Å². The van der Waals surface area contributed by atoms with Crippen LogP contribution in [0.2, 0.25) is 0 Å². The van der Waals surface area contributed by atoms with Crippen molar-refractivity contribution >= 4 is 21.9 Å². The van der Waals surface area contributed by atoms with E-state index in [9.17, 15) is 0 Å². The van der Waals surface area contributed by atoms with Gasteiger partial charge in [0.2, 0.25) is 5.95 Å². The molecule has 2 heterocycles. The summed E-state index contributed by atoms with van der Waals surface area (Å²) in [6.45, 7) is 3.96. The van der Waals surface area contributed by atoms with Crippen molar-refractivity contribution in [3.63, 3.8) is 0 Å².